The molecule has 6 nitrogen and oxygen atoms in total. The molecule has 0 bridgehead atoms. The summed E-state index contributed by atoms with van der Waals surface area (Å²) in [6.45, 7) is 0. The van der Waals surface area contributed by atoms with Gasteiger partial charge >= 0.3 is 0 Å². The Bertz CT molecular complexity index is 1220. The van der Waals surface area contributed by atoms with E-state index in [9.17, 15) is 9.18 Å². The topological polar surface area (TPSA) is 84.7 Å². The third-order valence-corrected chi connectivity index (χ3v) is 5.86. The van der Waals surface area contributed by atoms with Gasteiger partial charge in [0, 0.05) is 5.39 Å². The zero-order chi connectivity index (χ0) is 19.8. The number of nitrogens with one attached hydrogen (secondary N) is 1. The molecule has 0 radical (unpaired) electrons. The fraction of sp³-hybridized carbons (Fsp3) is 0.273. The molecule has 2 heterocycles. The number of fused-ring (bicyclic) bond motifs is 1. The van der Waals surface area contributed by atoms with E-state index in [0.717, 1.165) is 37.7 Å². The second kappa shape index (κ2) is 6.92. The fourth-order valence-electron chi connectivity index (χ4n) is 4.36. The number of hydrogen-bond donors (Lipinski definition) is 1. The predicted molar refractivity (Wildman–Crippen MR) is 106 cm³/mol. The Balaban J connectivity index is 1.64. The number of aromatic amines is 1. The van der Waals surface area contributed by atoms with Crippen molar-refractivity contribution in [3.05, 3.63) is 76.1 Å². The minimum atomic E-state index is -0.411. The number of aromatic nitrogens is 4. The van der Waals surface area contributed by atoms with Crippen molar-refractivity contribution in [2.24, 2.45) is 0 Å². The zero-order valence-corrected chi connectivity index (χ0v) is 15.7. The van der Waals surface area contributed by atoms with Gasteiger partial charge in [0.1, 0.15) is 5.82 Å². The van der Waals surface area contributed by atoms with Crippen molar-refractivity contribution in [2.75, 3.05) is 0 Å². The van der Waals surface area contributed by atoms with Gasteiger partial charge < -0.3 is 4.52 Å². The van der Waals surface area contributed by atoms with Gasteiger partial charge in [-0.1, -0.05) is 54.8 Å². The molecular formula is C22H19FN4O2. The highest BCUT2D eigenvalue weighted by Gasteiger charge is 2.40. The SMILES string of the molecule is O=c1[nH]nc(-c2nc(C3(c4ccc(F)cc4)CCCCC3)no2)c2ccccc12. The highest BCUT2D eigenvalue weighted by atomic mass is 19.1. The van der Waals surface area contributed by atoms with Crippen LogP contribution in [0, 0.1) is 5.82 Å². The van der Waals surface area contributed by atoms with Crippen molar-refractivity contribution >= 4 is 10.8 Å². The number of halogens is 1. The normalized spacial score (nSPS) is 16.2. The van der Waals surface area contributed by atoms with Gasteiger partial charge in [0.05, 0.1) is 10.8 Å². The fourth-order valence-corrected chi connectivity index (χ4v) is 4.36. The Labute approximate surface area is 165 Å². The molecule has 146 valence electrons. The van der Waals surface area contributed by atoms with Crippen LogP contribution in [0.15, 0.2) is 57.8 Å². The van der Waals surface area contributed by atoms with Crippen LogP contribution >= 0.6 is 0 Å². The first-order valence-electron chi connectivity index (χ1n) is 9.75. The largest absolute Gasteiger partial charge is 0.332 e. The first-order chi connectivity index (χ1) is 14.2. The summed E-state index contributed by atoms with van der Waals surface area (Å²) in [6, 6.07) is 13.8. The molecule has 0 unspecified atom stereocenters. The van der Waals surface area contributed by atoms with Gasteiger partial charge in [-0.05, 0) is 36.6 Å². The molecule has 0 amide bonds. The molecule has 1 fully saturated rings. The van der Waals surface area contributed by atoms with Gasteiger partial charge in [-0.15, -0.1) is 0 Å². The molecule has 2 aromatic carbocycles. The van der Waals surface area contributed by atoms with E-state index in [1.165, 1.54) is 12.1 Å². The number of H-pyrrole nitrogens is 1. The van der Waals surface area contributed by atoms with Crippen molar-refractivity contribution in [2.45, 2.75) is 37.5 Å². The van der Waals surface area contributed by atoms with E-state index in [4.69, 9.17) is 9.51 Å². The monoisotopic (exact) mass is 390 g/mol. The van der Waals surface area contributed by atoms with Crippen LogP contribution in [-0.4, -0.2) is 20.3 Å². The molecule has 1 aliphatic rings. The molecule has 1 saturated carbocycles. The molecule has 4 aromatic rings. The van der Waals surface area contributed by atoms with Crippen LogP contribution in [0.3, 0.4) is 0 Å². The Morgan fingerprint density at radius 2 is 1.69 bits per heavy atom. The summed E-state index contributed by atoms with van der Waals surface area (Å²) in [6.07, 6.45) is 4.98. The molecule has 0 aliphatic heterocycles. The maximum Gasteiger partial charge on any atom is 0.279 e. The average Bonchev–Trinajstić information content (AvgIpc) is 3.26. The number of benzene rings is 2. The van der Waals surface area contributed by atoms with Gasteiger partial charge in [-0.2, -0.15) is 10.1 Å². The summed E-state index contributed by atoms with van der Waals surface area (Å²) < 4.78 is 19.1. The molecule has 0 saturated heterocycles. The molecule has 1 N–H and O–H groups in total. The lowest BCUT2D eigenvalue weighted by Crippen LogP contribution is -2.31. The number of hydrogen-bond acceptors (Lipinski definition) is 5. The first kappa shape index (κ1) is 17.7. The molecule has 2 aromatic heterocycles. The van der Waals surface area contributed by atoms with Gasteiger partial charge in [0.2, 0.25) is 0 Å². The molecule has 0 atom stereocenters. The highest BCUT2D eigenvalue weighted by Crippen LogP contribution is 2.44. The second-order valence-corrected chi connectivity index (χ2v) is 7.52. The molecule has 7 heteroatoms. The quantitative estimate of drug-likeness (QED) is 0.562. The predicted octanol–water partition coefficient (Wildman–Crippen LogP) is 4.36. The number of rotatable bonds is 3. The van der Waals surface area contributed by atoms with E-state index in [1.807, 2.05) is 24.3 Å². The number of nitrogens with zero attached hydrogens (tertiary/aromatic N) is 3. The van der Waals surface area contributed by atoms with Crippen LogP contribution in [0.5, 0.6) is 0 Å². The van der Waals surface area contributed by atoms with E-state index in [2.05, 4.69) is 15.4 Å². The summed E-state index contributed by atoms with van der Waals surface area (Å²) in [5.41, 5.74) is 0.763. The lowest BCUT2D eigenvalue weighted by Gasteiger charge is -2.35. The third kappa shape index (κ3) is 2.93. The standard InChI is InChI=1S/C22H19FN4O2/c23-15-10-8-14(9-11-15)22(12-4-1-5-13-22)21-24-20(29-27-21)18-16-6-2-3-7-17(16)19(28)26-25-18/h2-3,6-11H,1,4-5,12-13H2,(H,26,28). The van der Waals surface area contributed by atoms with E-state index in [1.54, 1.807) is 12.1 Å². The van der Waals surface area contributed by atoms with Crippen LogP contribution in [0.1, 0.15) is 43.5 Å². The maximum absolute atomic E-state index is 13.5. The molecule has 5 rings (SSSR count). The maximum atomic E-state index is 13.5. The first-order valence-corrected chi connectivity index (χ1v) is 9.75. The van der Waals surface area contributed by atoms with Crippen LogP contribution in [-0.2, 0) is 5.41 Å². The van der Waals surface area contributed by atoms with Crippen molar-refractivity contribution < 1.29 is 8.91 Å². The van der Waals surface area contributed by atoms with E-state index < -0.39 is 5.41 Å². The van der Waals surface area contributed by atoms with Crippen LogP contribution in [0.25, 0.3) is 22.4 Å². The minimum absolute atomic E-state index is 0.263. The summed E-state index contributed by atoms with van der Waals surface area (Å²) in [5, 5.41) is 12.1. The van der Waals surface area contributed by atoms with Gasteiger partial charge in [0.15, 0.2) is 11.5 Å². The second-order valence-electron chi connectivity index (χ2n) is 7.52. The minimum Gasteiger partial charge on any atom is -0.332 e. The molecule has 0 spiro atoms. The Kier molecular flexibility index (Phi) is 4.23. The lowest BCUT2D eigenvalue weighted by molar-refractivity contribution is 0.313. The van der Waals surface area contributed by atoms with Crippen molar-refractivity contribution in [3.63, 3.8) is 0 Å². The molecule has 29 heavy (non-hydrogen) atoms. The Hall–Kier alpha value is -3.35. The zero-order valence-electron chi connectivity index (χ0n) is 15.7. The van der Waals surface area contributed by atoms with Crippen LogP contribution < -0.4 is 5.56 Å². The Morgan fingerprint density at radius 1 is 0.966 bits per heavy atom. The van der Waals surface area contributed by atoms with E-state index in [-0.39, 0.29) is 17.3 Å². The van der Waals surface area contributed by atoms with E-state index in [0.29, 0.717) is 22.3 Å². The summed E-state index contributed by atoms with van der Waals surface area (Å²) >= 11 is 0. The summed E-state index contributed by atoms with van der Waals surface area (Å²) in [4.78, 5) is 16.8. The smallest absolute Gasteiger partial charge is 0.279 e. The van der Waals surface area contributed by atoms with Crippen molar-refractivity contribution in [1.82, 2.24) is 20.3 Å². The lowest BCUT2D eigenvalue weighted by atomic mass is 9.69. The molecule has 1 aliphatic carbocycles. The van der Waals surface area contributed by atoms with Gasteiger partial charge in [0.25, 0.3) is 11.4 Å². The Morgan fingerprint density at radius 3 is 2.45 bits per heavy atom. The van der Waals surface area contributed by atoms with Gasteiger partial charge in [-0.3, -0.25) is 4.79 Å². The van der Waals surface area contributed by atoms with Crippen LogP contribution in [0.4, 0.5) is 4.39 Å². The van der Waals surface area contributed by atoms with Gasteiger partial charge in [-0.25, -0.2) is 9.49 Å². The molecular weight excluding hydrogens is 371 g/mol. The van der Waals surface area contributed by atoms with Crippen molar-refractivity contribution in [1.29, 1.82) is 0 Å². The van der Waals surface area contributed by atoms with Crippen LogP contribution in [0.2, 0.25) is 0 Å². The summed E-state index contributed by atoms with van der Waals surface area (Å²) in [7, 11) is 0. The van der Waals surface area contributed by atoms with Crippen molar-refractivity contribution in [3.8, 4) is 11.6 Å². The average molecular weight is 390 g/mol. The third-order valence-electron chi connectivity index (χ3n) is 5.86. The summed E-state index contributed by atoms with van der Waals surface area (Å²) in [5.74, 6) is 0.577. The highest BCUT2D eigenvalue weighted by molar-refractivity contribution is 5.91. The van der Waals surface area contributed by atoms with E-state index >= 15 is 0 Å².